The van der Waals surface area contributed by atoms with E-state index in [1.165, 1.54) is 7.11 Å². The largest absolute Gasteiger partial charge is 0.469 e. The third kappa shape index (κ3) is 1.21. The summed E-state index contributed by atoms with van der Waals surface area (Å²) in [5.74, 6) is -4.69. The second kappa shape index (κ2) is 2.87. The molecule has 80 valence electrons. The second-order valence-electron chi connectivity index (χ2n) is 3.58. The minimum atomic E-state index is -3.23. The van der Waals surface area contributed by atoms with Crippen molar-refractivity contribution in [3.8, 4) is 0 Å². The number of fused-ring (bicyclic) bond motifs is 1. The Hall–Kier alpha value is -0.750. The van der Waals surface area contributed by atoms with Crippen LogP contribution in [0.5, 0.6) is 0 Å². The Kier molecular flexibility index (Phi) is 2.01. The maximum Gasteiger partial charge on any atom is 0.305 e. The standard InChI is InChI=1S/C8H10F2O4/c1-13-4(11)2-3-5-7(14-5)8(9,10)6(3)12/h3,5-7,12H,2H2,1H3/t3?,5-,6?,7-/m0/s1. The number of hydrogen-bond donors (Lipinski definition) is 1. The lowest BCUT2D eigenvalue weighted by Crippen LogP contribution is -2.38. The highest BCUT2D eigenvalue weighted by molar-refractivity contribution is 5.70. The Balaban J connectivity index is 2.05. The molecule has 2 fully saturated rings. The van der Waals surface area contributed by atoms with Crippen molar-refractivity contribution in [1.82, 2.24) is 0 Å². The van der Waals surface area contributed by atoms with E-state index in [9.17, 15) is 18.7 Å². The number of hydrogen-bond acceptors (Lipinski definition) is 4. The van der Waals surface area contributed by atoms with Crippen LogP contribution in [-0.4, -0.2) is 42.4 Å². The van der Waals surface area contributed by atoms with Gasteiger partial charge in [-0.15, -0.1) is 0 Å². The molecule has 14 heavy (non-hydrogen) atoms. The Morgan fingerprint density at radius 1 is 1.64 bits per heavy atom. The van der Waals surface area contributed by atoms with Crippen molar-refractivity contribution in [2.45, 2.75) is 30.7 Å². The first-order valence-corrected chi connectivity index (χ1v) is 4.26. The molecule has 0 spiro atoms. The molecule has 1 heterocycles. The van der Waals surface area contributed by atoms with Crippen LogP contribution in [0.25, 0.3) is 0 Å². The zero-order chi connectivity index (χ0) is 10.5. The van der Waals surface area contributed by atoms with Gasteiger partial charge in [0.2, 0.25) is 0 Å². The zero-order valence-electron chi connectivity index (χ0n) is 7.44. The average Bonchev–Trinajstić information content (AvgIpc) is 2.88. The average molecular weight is 208 g/mol. The molecule has 0 amide bonds. The first-order chi connectivity index (χ1) is 6.48. The fraction of sp³-hybridized carbons (Fsp3) is 0.875. The molecule has 0 aromatic heterocycles. The van der Waals surface area contributed by atoms with Gasteiger partial charge in [-0.05, 0) is 0 Å². The van der Waals surface area contributed by atoms with E-state index in [1.807, 2.05) is 0 Å². The fourth-order valence-corrected chi connectivity index (χ4v) is 1.90. The molecule has 4 nitrogen and oxygen atoms in total. The lowest BCUT2D eigenvalue weighted by Gasteiger charge is -2.21. The maximum atomic E-state index is 13.1. The van der Waals surface area contributed by atoms with Gasteiger partial charge in [-0.1, -0.05) is 0 Å². The molecule has 1 saturated heterocycles. The van der Waals surface area contributed by atoms with Gasteiger partial charge in [0.25, 0.3) is 0 Å². The number of carbonyl (C=O) groups excluding carboxylic acids is 1. The lowest BCUT2D eigenvalue weighted by atomic mass is 10.00. The Morgan fingerprint density at radius 2 is 2.29 bits per heavy atom. The predicted octanol–water partition coefficient (Wildman–Crippen LogP) is -0.0571. The molecule has 1 N–H and O–H groups in total. The Morgan fingerprint density at radius 3 is 2.71 bits per heavy atom. The van der Waals surface area contributed by atoms with Crippen LogP contribution in [0.4, 0.5) is 8.78 Å². The number of ether oxygens (including phenoxy) is 2. The Labute approximate surface area is 78.8 Å². The highest BCUT2D eigenvalue weighted by atomic mass is 19.3. The monoisotopic (exact) mass is 208 g/mol. The van der Waals surface area contributed by atoms with E-state index in [0.717, 1.165) is 0 Å². The molecule has 0 bridgehead atoms. The first-order valence-electron chi connectivity index (χ1n) is 4.26. The number of esters is 1. The highest BCUT2D eigenvalue weighted by Crippen LogP contribution is 2.53. The molecule has 0 aromatic carbocycles. The van der Waals surface area contributed by atoms with Gasteiger partial charge in [0.05, 0.1) is 19.6 Å². The van der Waals surface area contributed by atoms with E-state index in [1.54, 1.807) is 0 Å². The van der Waals surface area contributed by atoms with E-state index in [-0.39, 0.29) is 6.42 Å². The number of rotatable bonds is 2. The van der Waals surface area contributed by atoms with E-state index in [2.05, 4.69) is 9.47 Å². The smallest absolute Gasteiger partial charge is 0.305 e. The van der Waals surface area contributed by atoms with E-state index in [4.69, 9.17) is 0 Å². The summed E-state index contributed by atoms with van der Waals surface area (Å²) < 4.78 is 35.1. The lowest BCUT2D eigenvalue weighted by molar-refractivity contribution is -0.154. The van der Waals surface area contributed by atoms with Gasteiger partial charge in [-0.2, -0.15) is 0 Å². The van der Waals surface area contributed by atoms with Crippen LogP contribution < -0.4 is 0 Å². The van der Waals surface area contributed by atoms with Crippen LogP contribution >= 0.6 is 0 Å². The minimum Gasteiger partial charge on any atom is -0.469 e. The summed E-state index contributed by atoms with van der Waals surface area (Å²) in [6, 6.07) is 0. The quantitative estimate of drug-likeness (QED) is 0.510. The first kappa shape index (κ1) is 9.79. The zero-order valence-corrected chi connectivity index (χ0v) is 7.44. The van der Waals surface area contributed by atoms with Gasteiger partial charge in [0.15, 0.2) is 6.10 Å². The summed E-state index contributed by atoms with van der Waals surface area (Å²) in [6.45, 7) is 0. The van der Waals surface area contributed by atoms with E-state index in [0.29, 0.717) is 0 Å². The number of alkyl halides is 2. The molecule has 2 rings (SSSR count). The maximum absolute atomic E-state index is 13.1. The summed E-state index contributed by atoms with van der Waals surface area (Å²) in [5, 5.41) is 9.22. The van der Waals surface area contributed by atoms with Crippen LogP contribution in [0.3, 0.4) is 0 Å². The van der Waals surface area contributed by atoms with Gasteiger partial charge in [0.1, 0.15) is 6.10 Å². The molecule has 1 aliphatic carbocycles. The highest BCUT2D eigenvalue weighted by Gasteiger charge is 2.72. The van der Waals surface area contributed by atoms with Crippen molar-refractivity contribution < 1.29 is 28.2 Å². The molecule has 6 heteroatoms. The summed E-state index contributed by atoms with van der Waals surface area (Å²) >= 11 is 0. The molecule has 4 atom stereocenters. The number of carbonyl (C=O) groups is 1. The van der Waals surface area contributed by atoms with Gasteiger partial charge < -0.3 is 14.6 Å². The summed E-state index contributed by atoms with van der Waals surface area (Å²) in [6.07, 6.45) is -3.94. The minimum absolute atomic E-state index is 0.228. The van der Waals surface area contributed by atoms with Crippen molar-refractivity contribution in [2.75, 3.05) is 7.11 Å². The molecule has 0 radical (unpaired) electrons. The SMILES string of the molecule is COC(=O)CC1C(O)C(F)(F)[C@H]2O[C@@H]12. The second-order valence-corrected chi connectivity index (χ2v) is 3.58. The molecular weight excluding hydrogens is 198 g/mol. The molecule has 2 aliphatic rings. The third-order valence-corrected chi connectivity index (χ3v) is 2.76. The molecule has 1 saturated carbocycles. The van der Waals surface area contributed by atoms with Gasteiger partial charge >= 0.3 is 11.9 Å². The number of aliphatic hydroxyl groups is 1. The normalized spacial score (nSPS) is 43.1. The van der Waals surface area contributed by atoms with Gasteiger partial charge in [0, 0.05) is 5.92 Å². The van der Waals surface area contributed by atoms with Crippen LogP contribution in [0.15, 0.2) is 0 Å². The predicted molar refractivity (Wildman–Crippen MR) is 39.7 cm³/mol. The van der Waals surface area contributed by atoms with Gasteiger partial charge in [-0.25, -0.2) is 8.78 Å². The van der Waals surface area contributed by atoms with Crippen LogP contribution in [0, 0.1) is 5.92 Å². The number of epoxide rings is 1. The van der Waals surface area contributed by atoms with Crippen molar-refractivity contribution in [1.29, 1.82) is 0 Å². The van der Waals surface area contributed by atoms with E-state index >= 15 is 0 Å². The number of aliphatic hydroxyl groups excluding tert-OH is 1. The van der Waals surface area contributed by atoms with E-state index < -0.39 is 36.1 Å². The molecule has 1 aliphatic heterocycles. The van der Waals surface area contributed by atoms with Crippen LogP contribution in [0.1, 0.15) is 6.42 Å². The van der Waals surface area contributed by atoms with Crippen molar-refractivity contribution in [2.24, 2.45) is 5.92 Å². The summed E-state index contributed by atoms with van der Waals surface area (Å²) in [7, 11) is 1.17. The number of halogens is 2. The number of methoxy groups -OCH3 is 1. The van der Waals surface area contributed by atoms with Crippen molar-refractivity contribution >= 4 is 5.97 Å². The van der Waals surface area contributed by atoms with Gasteiger partial charge in [-0.3, -0.25) is 4.79 Å². The third-order valence-electron chi connectivity index (χ3n) is 2.76. The summed E-state index contributed by atoms with van der Waals surface area (Å²) in [4.78, 5) is 10.9. The molecule has 2 unspecified atom stereocenters. The topological polar surface area (TPSA) is 59.1 Å². The van der Waals surface area contributed by atoms with Crippen LogP contribution in [0.2, 0.25) is 0 Å². The van der Waals surface area contributed by atoms with Crippen molar-refractivity contribution in [3.63, 3.8) is 0 Å². The summed E-state index contributed by atoms with van der Waals surface area (Å²) in [5.41, 5.74) is 0. The van der Waals surface area contributed by atoms with Crippen molar-refractivity contribution in [3.05, 3.63) is 0 Å². The van der Waals surface area contributed by atoms with Crippen LogP contribution in [-0.2, 0) is 14.3 Å². The molecule has 0 aromatic rings. The molecular formula is C8H10F2O4. The fourth-order valence-electron chi connectivity index (χ4n) is 1.90. The Bertz CT molecular complexity index is 268.